The summed E-state index contributed by atoms with van der Waals surface area (Å²) >= 11 is 0. The molecule has 1 fully saturated rings. The van der Waals surface area contributed by atoms with E-state index in [1.165, 1.54) is 0 Å². The molecule has 0 bridgehead atoms. The molecule has 1 saturated heterocycles. The topological polar surface area (TPSA) is 55.4 Å². The quantitative estimate of drug-likeness (QED) is 0.454. The zero-order valence-electron chi connectivity index (χ0n) is 6.59. The smallest absolute Gasteiger partial charge is 0.310 e. The van der Waals surface area contributed by atoms with Crippen molar-refractivity contribution in [1.29, 1.82) is 0 Å². The molecule has 1 rings (SSSR count). The molecule has 0 aromatic carbocycles. The Labute approximate surface area is 64.9 Å². The van der Waals surface area contributed by atoms with E-state index in [0.29, 0.717) is 6.42 Å². The highest BCUT2D eigenvalue weighted by atomic mass is 16.6. The summed E-state index contributed by atoms with van der Waals surface area (Å²) in [5.41, 5.74) is 0. The Morgan fingerprint density at radius 3 is 2.64 bits per heavy atom. The van der Waals surface area contributed by atoms with Gasteiger partial charge in [-0.2, -0.15) is 0 Å². The number of rotatable bonds is 2. The Morgan fingerprint density at radius 1 is 1.73 bits per heavy atom. The molecule has 0 radical (unpaired) electrons. The Hall–Kier alpha value is -1.06. The van der Waals surface area contributed by atoms with Crippen LogP contribution in [0.3, 0.4) is 0 Å². The van der Waals surface area contributed by atoms with E-state index in [0.717, 1.165) is 0 Å². The maximum Gasteiger partial charge on any atom is 0.310 e. The van der Waals surface area contributed by atoms with E-state index in [-0.39, 0.29) is 24.0 Å². The molecule has 1 aliphatic heterocycles. The average Bonchev–Trinajstić information content (AvgIpc) is 1.84. The van der Waals surface area contributed by atoms with Gasteiger partial charge in [-0.15, -0.1) is 0 Å². The number of carbonyl (C=O) groups is 2. The molecule has 0 aromatic rings. The van der Waals surface area contributed by atoms with Crippen LogP contribution in [0.4, 0.5) is 0 Å². The molecule has 4 nitrogen and oxygen atoms in total. The average molecular weight is 157 g/mol. The first kappa shape index (κ1) is 8.04. The lowest BCUT2D eigenvalue weighted by molar-refractivity contribution is -0.163. The van der Waals surface area contributed by atoms with E-state index < -0.39 is 0 Å². The number of ether oxygens (including phenoxy) is 1. The molecule has 0 aliphatic carbocycles. The molecule has 1 unspecified atom stereocenters. The SMILES string of the molecule is CC(C)C(=O)OC1CC(=O)N1. The molecule has 0 spiro atoms. The standard InChI is InChI=1S/C7H11NO3/c1-4(2)7(10)11-6-3-5(9)8-6/h4,6H,3H2,1-2H3,(H,8,9). The highest BCUT2D eigenvalue weighted by Gasteiger charge is 2.29. The molecule has 0 aromatic heterocycles. The zero-order chi connectivity index (χ0) is 8.43. The Balaban J connectivity index is 2.22. The van der Waals surface area contributed by atoms with Gasteiger partial charge in [0.1, 0.15) is 0 Å². The van der Waals surface area contributed by atoms with E-state index in [1.54, 1.807) is 13.8 Å². The third-order valence-corrected chi connectivity index (χ3v) is 1.42. The van der Waals surface area contributed by atoms with Crippen molar-refractivity contribution in [3.05, 3.63) is 0 Å². The summed E-state index contributed by atoms with van der Waals surface area (Å²) in [6, 6.07) is 0. The molecule has 11 heavy (non-hydrogen) atoms. The molecular weight excluding hydrogens is 146 g/mol. The van der Waals surface area contributed by atoms with Crippen LogP contribution in [0.1, 0.15) is 20.3 Å². The molecule has 62 valence electrons. The van der Waals surface area contributed by atoms with Gasteiger partial charge < -0.3 is 10.1 Å². The number of hydrogen-bond acceptors (Lipinski definition) is 3. The van der Waals surface area contributed by atoms with Crippen LogP contribution in [-0.4, -0.2) is 18.1 Å². The first-order valence-corrected chi connectivity index (χ1v) is 3.59. The van der Waals surface area contributed by atoms with Gasteiger partial charge in [-0.05, 0) is 0 Å². The van der Waals surface area contributed by atoms with Gasteiger partial charge in [0.25, 0.3) is 0 Å². The van der Waals surface area contributed by atoms with Crippen LogP contribution in [0.15, 0.2) is 0 Å². The largest absolute Gasteiger partial charge is 0.441 e. The minimum atomic E-state index is -0.377. The summed E-state index contributed by atoms with van der Waals surface area (Å²) in [6.45, 7) is 3.51. The number of amides is 1. The van der Waals surface area contributed by atoms with Gasteiger partial charge in [-0.25, -0.2) is 0 Å². The lowest BCUT2D eigenvalue weighted by Crippen LogP contribution is -2.51. The molecule has 1 atom stereocenters. The highest BCUT2D eigenvalue weighted by Crippen LogP contribution is 2.08. The summed E-state index contributed by atoms with van der Waals surface area (Å²) in [6.07, 6.45) is -0.0734. The lowest BCUT2D eigenvalue weighted by Gasteiger charge is -2.26. The molecular formula is C7H11NO3. The van der Waals surface area contributed by atoms with Crippen molar-refractivity contribution in [3.8, 4) is 0 Å². The van der Waals surface area contributed by atoms with E-state index in [4.69, 9.17) is 4.74 Å². The fourth-order valence-electron chi connectivity index (χ4n) is 0.674. The van der Waals surface area contributed by atoms with E-state index in [2.05, 4.69) is 5.32 Å². The second kappa shape index (κ2) is 2.90. The monoisotopic (exact) mass is 157 g/mol. The normalized spacial score (nSPS) is 22.5. The molecule has 1 N–H and O–H groups in total. The third kappa shape index (κ3) is 1.93. The minimum Gasteiger partial charge on any atom is -0.441 e. The number of β-lactam (4-membered cyclic amide) rings is 1. The van der Waals surface area contributed by atoms with Gasteiger partial charge in [0.15, 0.2) is 6.23 Å². The van der Waals surface area contributed by atoms with E-state index in [9.17, 15) is 9.59 Å². The molecule has 0 saturated carbocycles. The van der Waals surface area contributed by atoms with Gasteiger partial charge in [-0.3, -0.25) is 9.59 Å². The molecule has 4 heteroatoms. The van der Waals surface area contributed by atoms with Crippen molar-refractivity contribution >= 4 is 11.9 Å². The van der Waals surface area contributed by atoms with Crippen LogP contribution in [0, 0.1) is 5.92 Å². The van der Waals surface area contributed by atoms with Crippen LogP contribution in [-0.2, 0) is 14.3 Å². The summed E-state index contributed by atoms with van der Waals surface area (Å²) < 4.78 is 4.85. The van der Waals surface area contributed by atoms with Crippen LogP contribution in [0.5, 0.6) is 0 Å². The zero-order valence-corrected chi connectivity index (χ0v) is 6.59. The van der Waals surface area contributed by atoms with Crippen molar-refractivity contribution in [3.63, 3.8) is 0 Å². The van der Waals surface area contributed by atoms with E-state index in [1.807, 2.05) is 0 Å². The Bertz CT molecular complexity index is 180. The van der Waals surface area contributed by atoms with Gasteiger partial charge in [0, 0.05) is 0 Å². The van der Waals surface area contributed by atoms with Gasteiger partial charge in [0.2, 0.25) is 5.91 Å². The number of hydrogen-bond donors (Lipinski definition) is 1. The van der Waals surface area contributed by atoms with Gasteiger partial charge in [0.05, 0.1) is 12.3 Å². The third-order valence-electron chi connectivity index (χ3n) is 1.42. The summed E-state index contributed by atoms with van der Waals surface area (Å²) in [5, 5.41) is 2.45. The minimum absolute atomic E-state index is 0.0634. The predicted octanol–water partition coefficient (Wildman–Crippen LogP) is 0.0316. The number of esters is 1. The first-order chi connectivity index (χ1) is 5.09. The van der Waals surface area contributed by atoms with Crippen molar-refractivity contribution < 1.29 is 14.3 Å². The fourth-order valence-corrected chi connectivity index (χ4v) is 0.674. The second-order valence-electron chi connectivity index (χ2n) is 2.85. The van der Waals surface area contributed by atoms with Gasteiger partial charge >= 0.3 is 5.97 Å². The van der Waals surface area contributed by atoms with Crippen molar-refractivity contribution in [2.24, 2.45) is 5.92 Å². The fraction of sp³-hybridized carbons (Fsp3) is 0.714. The van der Waals surface area contributed by atoms with Crippen LogP contribution >= 0.6 is 0 Å². The van der Waals surface area contributed by atoms with Crippen LogP contribution < -0.4 is 5.32 Å². The highest BCUT2D eigenvalue weighted by molar-refractivity contribution is 5.83. The van der Waals surface area contributed by atoms with Crippen molar-refractivity contribution in [1.82, 2.24) is 5.32 Å². The Morgan fingerprint density at radius 2 is 2.27 bits per heavy atom. The summed E-state index contributed by atoms with van der Waals surface area (Å²) in [5.74, 6) is -0.464. The lowest BCUT2D eigenvalue weighted by atomic mass is 10.2. The van der Waals surface area contributed by atoms with Crippen molar-refractivity contribution in [2.75, 3.05) is 0 Å². The number of nitrogens with one attached hydrogen (secondary N) is 1. The summed E-state index contributed by atoms with van der Waals surface area (Å²) in [4.78, 5) is 21.2. The maximum absolute atomic E-state index is 10.9. The van der Waals surface area contributed by atoms with Gasteiger partial charge in [-0.1, -0.05) is 13.8 Å². The van der Waals surface area contributed by atoms with Crippen molar-refractivity contribution in [2.45, 2.75) is 26.5 Å². The second-order valence-corrected chi connectivity index (χ2v) is 2.85. The van der Waals surface area contributed by atoms with Crippen LogP contribution in [0.2, 0.25) is 0 Å². The molecule has 1 heterocycles. The Kier molecular flexibility index (Phi) is 2.12. The first-order valence-electron chi connectivity index (χ1n) is 3.59. The molecule has 1 aliphatic rings. The maximum atomic E-state index is 10.9. The molecule has 1 amide bonds. The van der Waals surface area contributed by atoms with E-state index >= 15 is 0 Å². The predicted molar refractivity (Wildman–Crippen MR) is 37.5 cm³/mol. The van der Waals surface area contributed by atoms with Crippen LogP contribution in [0.25, 0.3) is 0 Å². The summed E-state index contributed by atoms with van der Waals surface area (Å²) in [7, 11) is 0. The number of carbonyl (C=O) groups excluding carboxylic acids is 2.